The highest BCUT2D eigenvalue weighted by Crippen LogP contribution is 2.17. The maximum absolute atomic E-state index is 11.0. The number of halogens is 1. The van der Waals surface area contributed by atoms with Gasteiger partial charge in [0.2, 0.25) is 0 Å². The topological polar surface area (TPSA) is 49.8 Å². The summed E-state index contributed by atoms with van der Waals surface area (Å²) < 4.78 is 5.64. The zero-order chi connectivity index (χ0) is 13.0. The Morgan fingerprint density at radius 1 is 1.53 bits per heavy atom. The molecule has 0 radical (unpaired) electrons. The second-order valence-electron chi connectivity index (χ2n) is 4.70. The molecule has 106 valence electrons. The number of ether oxygens (including phenoxy) is 1. The number of carbonyl (C=O) groups is 1. The van der Waals surface area contributed by atoms with Crippen LogP contribution in [0.2, 0.25) is 0 Å². The average molecular weight is 286 g/mol. The number of aryl methyl sites for hydroxylation is 1. The van der Waals surface area contributed by atoms with Crippen LogP contribution in [-0.2, 0) is 4.79 Å². The van der Waals surface area contributed by atoms with Gasteiger partial charge in [0.05, 0.1) is 0 Å². The smallest absolute Gasteiger partial charge is 0.320 e. The molecule has 1 fully saturated rings. The van der Waals surface area contributed by atoms with Gasteiger partial charge in [0, 0.05) is 6.54 Å². The van der Waals surface area contributed by atoms with Gasteiger partial charge in [-0.05, 0) is 44.0 Å². The van der Waals surface area contributed by atoms with Crippen LogP contribution in [0.5, 0.6) is 5.75 Å². The summed E-state index contributed by atoms with van der Waals surface area (Å²) in [6.45, 7) is 4.08. The van der Waals surface area contributed by atoms with E-state index in [0.717, 1.165) is 30.7 Å². The molecule has 1 aromatic rings. The number of likely N-dealkylation sites (tertiary alicyclic amines) is 1. The van der Waals surface area contributed by atoms with Gasteiger partial charge < -0.3 is 9.84 Å². The van der Waals surface area contributed by atoms with Gasteiger partial charge in [0.1, 0.15) is 18.4 Å². The molecule has 1 N–H and O–H groups in total. The van der Waals surface area contributed by atoms with Crippen molar-refractivity contribution in [3.8, 4) is 5.75 Å². The first kappa shape index (κ1) is 15.8. The summed E-state index contributed by atoms with van der Waals surface area (Å²) in [4.78, 5) is 13.0. The Labute approximate surface area is 119 Å². The van der Waals surface area contributed by atoms with Gasteiger partial charge in [-0.1, -0.05) is 12.1 Å². The molecule has 1 aliphatic rings. The Kier molecular flexibility index (Phi) is 6.12. The third kappa shape index (κ3) is 4.40. The maximum Gasteiger partial charge on any atom is 0.320 e. The number of carboxylic acid groups (broad SMARTS) is 1. The van der Waals surface area contributed by atoms with Crippen LogP contribution in [0.15, 0.2) is 24.3 Å². The van der Waals surface area contributed by atoms with Crippen molar-refractivity contribution in [3.05, 3.63) is 29.8 Å². The SMILES string of the molecule is Cc1cccc(OCCN2CCCC2C(=O)O)c1.Cl. The van der Waals surface area contributed by atoms with E-state index in [9.17, 15) is 4.79 Å². The molecule has 1 aromatic carbocycles. The second kappa shape index (κ2) is 7.36. The van der Waals surface area contributed by atoms with Crippen molar-refractivity contribution >= 4 is 18.4 Å². The lowest BCUT2D eigenvalue weighted by Crippen LogP contribution is -2.38. The number of carboxylic acids is 1. The van der Waals surface area contributed by atoms with E-state index in [4.69, 9.17) is 9.84 Å². The van der Waals surface area contributed by atoms with Crippen LogP contribution in [0.3, 0.4) is 0 Å². The van der Waals surface area contributed by atoms with E-state index < -0.39 is 5.97 Å². The molecular weight excluding hydrogens is 266 g/mol. The number of nitrogens with zero attached hydrogens (tertiary/aromatic N) is 1. The first-order chi connectivity index (χ1) is 8.66. The molecule has 0 saturated carbocycles. The van der Waals surface area contributed by atoms with E-state index in [1.54, 1.807) is 0 Å². The Morgan fingerprint density at radius 3 is 3.00 bits per heavy atom. The molecule has 1 unspecified atom stereocenters. The molecule has 1 atom stereocenters. The molecule has 1 heterocycles. The lowest BCUT2D eigenvalue weighted by Gasteiger charge is -2.20. The predicted molar refractivity (Wildman–Crippen MR) is 76.2 cm³/mol. The van der Waals surface area contributed by atoms with Crippen molar-refractivity contribution in [1.29, 1.82) is 0 Å². The van der Waals surface area contributed by atoms with E-state index in [2.05, 4.69) is 0 Å². The molecular formula is C14H20ClNO3. The van der Waals surface area contributed by atoms with E-state index >= 15 is 0 Å². The van der Waals surface area contributed by atoms with Gasteiger partial charge in [0.15, 0.2) is 0 Å². The molecule has 1 saturated heterocycles. The highest BCUT2D eigenvalue weighted by Gasteiger charge is 2.29. The minimum absolute atomic E-state index is 0. The molecule has 0 aliphatic carbocycles. The van der Waals surface area contributed by atoms with Gasteiger partial charge in [-0.3, -0.25) is 9.69 Å². The highest BCUT2D eigenvalue weighted by molar-refractivity contribution is 5.85. The normalized spacial score (nSPS) is 18.9. The summed E-state index contributed by atoms with van der Waals surface area (Å²) in [7, 11) is 0. The van der Waals surface area contributed by atoms with Crippen molar-refractivity contribution in [3.63, 3.8) is 0 Å². The lowest BCUT2D eigenvalue weighted by molar-refractivity contribution is -0.142. The largest absolute Gasteiger partial charge is 0.492 e. The lowest BCUT2D eigenvalue weighted by atomic mass is 10.2. The van der Waals surface area contributed by atoms with E-state index in [-0.39, 0.29) is 18.4 Å². The van der Waals surface area contributed by atoms with Gasteiger partial charge in [-0.25, -0.2) is 0 Å². The summed E-state index contributed by atoms with van der Waals surface area (Å²) >= 11 is 0. The molecule has 0 bridgehead atoms. The van der Waals surface area contributed by atoms with E-state index in [0.29, 0.717) is 13.2 Å². The minimum atomic E-state index is -0.719. The first-order valence-electron chi connectivity index (χ1n) is 6.33. The third-order valence-electron chi connectivity index (χ3n) is 3.29. The molecule has 0 aromatic heterocycles. The maximum atomic E-state index is 11.0. The highest BCUT2D eigenvalue weighted by atomic mass is 35.5. The fourth-order valence-corrected chi connectivity index (χ4v) is 2.36. The monoisotopic (exact) mass is 285 g/mol. The van der Waals surface area contributed by atoms with Crippen LogP contribution in [0.25, 0.3) is 0 Å². The number of hydrogen-bond acceptors (Lipinski definition) is 3. The van der Waals surface area contributed by atoms with Crippen LogP contribution in [0.4, 0.5) is 0 Å². The van der Waals surface area contributed by atoms with Gasteiger partial charge in [-0.15, -0.1) is 12.4 Å². The van der Waals surface area contributed by atoms with Crippen LogP contribution >= 0.6 is 12.4 Å². The van der Waals surface area contributed by atoms with Crippen molar-refractivity contribution < 1.29 is 14.6 Å². The molecule has 0 spiro atoms. The molecule has 19 heavy (non-hydrogen) atoms. The van der Waals surface area contributed by atoms with Crippen molar-refractivity contribution in [2.45, 2.75) is 25.8 Å². The Bertz CT molecular complexity index is 425. The summed E-state index contributed by atoms with van der Waals surface area (Å²) in [5, 5.41) is 9.05. The average Bonchev–Trinajstić information content (AvgIpc) is 2.77. The molecule has 4 nitrogen and oxygen atoms in total. The Morgan fingerprint density at radius 2 is 2.32 bits per heavy atom. The van der Waals surface area contributed by atoms with Crippen LogP contribution in [-0.4, -0.2) is 41.7 Å². The van der Waals surface area contributed by atoms with Crippen molar-refractivity contribution in [2.24, 2.45) is 0 Å². The summed E-state index contributed by atoms with van der Waals surface area (Å²) in [5.41, 5.74) is 1.16. The van der Waals surface area contributed by atoms with Crippen LogP contribution in [0, 0.1) is 6.92 Å². The van der Waals surface area contributed by atoms with E-state index in [1.807, 2.05) is 36.1 Å². The fraction of sp³-hybridized carbons (Fsp3) is 0.500. The molecule has 1 aliphatic heterocycles. The summed E-state index contributed by atoms with van der Waals surface area (Å²) in [6, 6.07) is 7.56. The van der Waals surface area contributed by atoms with Crippen molar-refractivity contribution in [2.75, 3.05) is 19.7 Å². The second-order valence-corrected chi connectivity index (χ2v) is 4.70. The molecule has 0 amide bonds. The standard InChI is InChI=1S/C14H19NO3.ClH/c1-11-4-2-5-12(10-11)18-9-8-15-7-3-6-13(15)14(16)17;/h2,4-5,10,13H,3,6-9H2,1H3,(H,16,17);1H. The summed E-state index contributed by atoms with van der Waals surface area (Å²) in [5.74, 6) is 0.129. The first-order valence-corrected chi connectivity index (χ1v) is 6.33. The zero-order valence-corrected chi connectivity index (χ0v) is 11.9. The number of hydrogen-bond donors (Lipinski definition) is 1. The number of benzene rings is 1. The third-order valence-corrected chi connectivity index (χ3v) is 3.29. The summed E-state index contributed by atoms with van der Waals surface area (Å²) in [6.07, 6.45) is 1.71. The Hall–Kier alpha value is -1.26. The van der Waals surface area contributed by atoms with E-state index in [1.165, 1.54) is 0 Å². The predicted octanol–water partition coefficient (Wildman–Crippen LogP) is 2.34. The minimum Gasteiger partial charge on any atom is -0.492 e. The zero-order valence-electron chi connectivity index (χ0n) is 11.0. The number of aliphatic carboxylic acids is 1. The van der Waals surface area contributed by atoms with Crippen LogP contribution in [0.1, 0.15) is 18.4 Å². The van der Waals surface area contributed by atoms with Gasteiger partial charge >= 0.3 is 5.97 Å². The molecule has 2 rings (SSSR count). The Balaban J connectivity index is 0.00000180. The van der Waals surface area contributed by atoms with Crippen molar-refractivity contribution in [1.82, 2.24) is 4.90 Å². The van der Waals surface area contributed by atoms with Gasteiger partial charge in [-0.2, -0.15) is 0 Å². The quantitative estimate of drug-likeness (QED) is 0.902. The number of rotatable bonds is 5. The van der Waals surface area contributed by atoms with Crippen LogP contribution < -0.4 is 4.74 Å². The fourth-order valence-electron chi connectivity index (χ4n) is 2.36. The molecule has 5 heteroatoms. The van der Waals surface area contributed by atoms with Gasteiger partial charge in [0.25, 0.3) is 0 Å².